The summed E-state index contributed by atoms with van der Waals surface area (Å²) in [4.78, 5) is 40.5. The molecular weight excluding hydrogens is 306 g/mol. The number of carbonyl (C=O) groups excluding carboxylic acids is 3. The normalized spacial score (nSPS) is 31.3. The van der Waals surface area contributed by atoms with Crippen LogP contribution in [-0.4, -0.2) is 35.7 Å². The van der Waals surface area contributed by atoms with Gasteiger partial charge in [-0.3, -0.25) is 14.4 Å². The minimum absolute atomic E-state index is 0.208. The molecule has 1 aliphatic carbocycles. The molecule has 2 atom stereocenters. The topological polar surface area (TPSA) is 63.7 Å². The first kappa shape index (κ1) is 15.4. The van der Waals surface area contributed by atoms with Crippen molar-refractivity contribution in [2.75, 3.05) is 13.2 Å². The van der Waals surface area contributed by atoms with E-state index >= 15 is 0 Å². The number of rotatable bonds is 2. The summed E-state index contributed by atoms with van der Waals surface area (Å²) in [5.74, 6) is -1.61. The first-order chi connectivity index (χ1) is 11.6. The predicted octanol–water partition coefficient (Wildman–Crippen LogP) is 1.97. The number of nitrogens with zero attached hydrogens (tertiary/aromatic N) is 1. The number of hydrogen-bond acceptors (Lipinski definition) is 4. The standard InChI is InChI=1S/C19H21NO4/c1-2-24-17(23)18-10-5-6-11-19(18)14-8-4-3-7-13(14)9-12-20(19)16(22)15(18)21/h3-4,7-8H,2,5-6,9-12H2,1H3/t18-,19+/m0/s1. The number of ether oxygens (including phenoxy) is 1. The summed E-state index contributed by atoms with van der Waals surface area (Å²) in [6.45, 7) is 2.43. The summed E-state index contributed by atoms with van der Waals surface area (Å²) in [5, 5.41) is 0. The van der Waals surface area contributed by atoms with E-state index in [9.17, 15) is 14.4 Å². The van der Waals surface area contributed by atoms with E-state index in [2.05, 4.69) is 0 Å². The van der Waals surface area contributed by atoms with Crippen molar-refractivity contribution in [3.8, 4) is 0 Å². The number of benzene rings is 1. The molecule has 1 aromatic carbocycles. The number of hydrogen-bond donors (Lipinski definition) is 0. The lowest BCUT2D eigenvalue weighted by atomic mass is 9.56. The van der Waals surface area contributed by atoms with E-state index in [1.807, 2.05) is 24.3 Å². The Kier molecular flexibility index (Phi) is 3.31. The maximum absolute atomic E-state index is 13.1. The van der Waals surface area contributed by atoms with E-state index in [-0.39, 0.29) is 6.61 Å². The zero-order chi connectivity index (χ0) is 16.9. The monoisotopic (exact) mass is 327 g/mol. The van der Waals surface area contributed by atoms with Gasteiger partial charge in [0.2, 0.25) is 5.78 Å². The third-order valence-electron chi connectivity index (χ3n) is 6.03. The van der Waals surface area contributed by atoms with E-state index in [4.69, 9.17) is 4.74 Å². The highest BCUT2D eigenvalue weighted by molar-refractivity contribution is 6.45. The maximum atomic E-state index is 13.1. The SMILES string of the molecule is CCOC(=O)[C@@]12CCCC[C@@]13c1ccccc1CCN3C(=O)C2=O. The number of ketones is 1. The molecule has 4 rings (SSSR count). The lowest BCUT2D eigenvalue weighted by molar-refractivity contribution is -0.169. The van der Waals surface area contributed by atoms with E-state index < -0.39 is 28.6 Å². The lowest BCUT2D eigenvalue weighted by Crippen LogP contribution is -2.60. The summed E-state index contributed by atoms with van der Waals surface area (Å²) in [6, 6.07) is 7.92. The molecular formula is C19H21NO4. The third kappa shape index (κ3) is 1.57. The van der Waals surface area contributed by atoms with Crippen LogP contribution in [0.4, 0.5) is 0 Å². The van der Waals surface area contributed by atoms with Gasteiger partial charge in [0.05, 0.1) is 12.1 Å². The van der Waals surface area contributed by atoms with E-state index in [1.165, 1.54) is 0 Å². The van der Waals surface area contributed by atoms with Crippen LogP contribution in [0.15, 0.2) is 24.3 Å². The van der Waals surface area contributed by atoms with Crippen molar-refractivity contribution in [1.82, 2.24) is 4.90 Å². The Balaban J connectivity index is 2.02. The van der Waals surface area contributed by atoms with Gasteiger partial charge in [-0.2, -0.15) is 0 Å². The third-order valence-corrected chi connectivity index (χ3v) is 6.03. The van der Waals surface area contributed by atoms with Gasteiger partial charge in [-0.05, 0) is 37.3 Å². The summed E-state index contributed by atoms with van der Waals surface area (Å²) in [6.07, 6.45) is 3.40. The smallest absolute Gasteiger partial charge is 0.323 e. The minimum atomic E-state index is -1.38. The predicted molar refractivity (Wildman–Crippen MR) is 86.1 cm³/mol. The second-order valence-electron chi connectivity index (χ2n) is 6.89. The van der Waals surface area contributed by atoms with Gasteiger partial charge >= 0.3 is 5.97 Å². The number of Topliss-reactive ketones (excluding diaryl/α,β-unsaturated/α-hetero) is 1. The highest BCUT2D eigenvalue weighted by Crippen LogP contribution is 2.61. The first-order valence-corrected chi connectivity index (χ1v) is 8.71. The molecule has 0 N–H and O–H groups in total. The minimum Gasteiger partial charge on any atom is -0.465 e. The van der Waals surface area contributed by atoms with Crippen LogP contribution < -0.4 is 0 Å². The molecule has 2 fully saturated rings. The Morgan fingerprint density at radius 2 is 1.96 bits per heavy atom. The van der Waals surface area contributed by atoms with Gasteiger partial charge in [-0.15, -0.1) is 0 Å². The first-order valence-electron chi connectivity index (χ1n) is 8.71. The molecule has 5 heteroatoms. The number of carbonyl (C=O) groups is 3. The van der Waals surface area contributed by atoms with Gasteiger partial charge in [0, 0.05) is 6.54 Å². The van der Waals surface area contributed by atoms with Gasteiger partial charge in [0.15, 0.2) is 5.41 Å². The van der Waals surface area contributed by atoms with Crippen molar-refractivity contribution in [1.29, 1.82) is 0 Å². The molecule has 2 aliphatic heterocycles. The molecule has 3 aliphatic rings. The van der Waals surface area contributed by atoms with Crippen LogP contribution in [0, 0.1) is 5.41 Å². The van der Waals surface area contributed by atoms with Crippen LogP contribution in [0.1, 0.15) is 43.7 Å². The Morgan fingerprint density at radius 3 is 2.75 bits per heavy atom. The zero-order valence-electron chi connectivity index (χ0n) is 13.8. The summed E-state index contributed by atoms with van der Waals surface area (Å²) >= 11 is 0. The molecule has 1 saturated heterocycles. The molecule has 1 aromatic rings. The van der Waals surface area contributed by atoms with Crippen molar-refractivity contribution in [3.63, 3.8) is 0 Å². The average molecular weight is 327 g/mol. The number of fused-ring (bicyclic) bond motifs is 1. The molecule has 5 nitrogen and oxygen atoms in total. The molecule has 1 spiro atoms. The van der Waals surface area contributed by atoms with Crippen LogP contribution in [0.25, 0.3) is 0 Å². The molecule has 0 bridgehead atoms. The summed E-state index contributed by atoms with van der Waals surface area (Å²) < 4.78 is 5.32. The molecule has 0 unspecified atom stereocenters. The van der Waals surface area contributed by atoms with Gasteiger partial charge in [-0.1, -0.05) is 37.1 Å². The van der Waals surface area contributed by atoms with Gasteiger partial charge < -0.3 is 9.64 Å². The zero-order valence-corrected chi connectivity index (χ0v) is 13.8. The fourth-order valence-corrected chi connectivity index (χ4v) is 5.13. The van der Waals surface area contributed by atoms with Crippen molar-refractivity contribution in [3.05, 3.63) is 35.4 Å². The van der Waals surface area contributed by atoms with Crippen LogP contribution in [0.3, 0.4) is 0 Å². The van der Waals surface area contributed by atoms with Gasteiger partial charge in [0.25, 0.3) is 5.91 Å². The van der Waals surface area contributed by atoms with Crippen LogP contribution in [0.2, 0.25) is 0 Å². The van der Waals surface area contributed by atoms with Crippen LogP contribution >= 0.6 is 0 Å². The van der Waals surface area contributed by atoms with E-state index in [0.29, 0.717) is 19.4 Å². The molecule has 126 valence electrons. The summed E-state index contributed by atoms with van der Waals surface area (Å²) in [5.41, 5.74) is -0.148. The second-order valence-corrected chi connectivity index (χ2v) is 6.89. The average Bonchev–Trinajstić information content (AvgIpc) is 2.82. The molecule has 24 heavy (non-hydrogen) atoms. The van der Waals surface area contributed by atoms with Crippen molar-refractivity contribution < 1.29 is 19.1 Å². The summed E-state index contributed by atoms with van der Waals surface area (Å²) in [7, 11) is 0. The van der Waals surface area contributed by atoms with Gasteiger partial charge in [0.1, 0.15) is 0 Å². The Bertz CT molecular complexity index is 743. The highest BCUT2D eigenvalue weighted by atomic mass is 16.5. The lowest BCUT2D eigenvalue weighted by Gasteiger charge is -2.52. The molecule has 2 heterocycles. The maximum Gasteiger partial charge on any atom is 0.323 e. The second kappa shape index (κ2) is 5.16. The number of amides is 1. The van der Waals surface area contributed by atoms with Gasteiger partial charge in [-0.25, -0.2) is 0 Å². The highest BCUT2D eigenvalue weighted by Gasteiger charge is 2.74. The number of esters is 1. The molecule has 0 radical (unpaired) electrons. The van der Waals surface area contributed by atoms with E-state index in [0.717, 1.165) is 30.4 Å². The molecule has 0 aromatic heterocycles. The van der Waals surface area contributed by atoms with Crippen molar-refractivity contribution in [2.45, 2.75) is 44.6 Å². The Labute approximate surface area is 141 Å². The Hall–Kier alpha value is -2.17. The molecule has 1 amide bonds. The fraction of sp³-hybridized carbons (Fsp3) is 0.526. The fourth-order valence-electron chi connectivity index (χ4n) is 5.13. The Morgan fingerprint density at radius 1 is 1.21 bits per heavy atom. The van der Waals surface area contributed by atoms with Crippen LogP contribution in [0.5, 0.6) is 0 Å². The molecule has 1 saturated carbocycles. The largest absolute Gasteiger partial charge is 0.465 e. The van der Waals surface area contributed by atoms with Crippen molar-refractivity contribution >= 4 is 17.7 Å². The van der Waals surface area contributed by atoms with E-state index in [1.54, 1.807) is 11.8 Å². The quantitative estimate of drug-likeness (QED) is 0.473. The van der Waals surface area contributed by atoms with Crippen molar-refractivity contribution in [2.24, 2.45) is 5.41 Å². The van der Waals surface area contributed by atoms with Crippen LogP contribution in [-0.2, 0) is 31.1 Å².